The summed E-state index contributed by atoms with van der Waals surface area (Å²) < 4.78 is 9.58. The van der Waals surface area contributed by atoms with Crippen molar-refractivity contribution in [3.63, 3.8) is 0 Å². The molecule has 1 N–H and O–H groups in total. The summed E-state index contributed by atoms with van der Waals surface area (Å²) in [6.07, 6.45) is 2.78. The smallest absolute Gasteiger partial charge is 0.187 e. The maximum atomic E-state index is 9.31. The van der Waals surface area contributed by atoms with Crippen molar-refractivity contribution in [2.24, 2.45) is 0 Å². The second kappa shape index (κ2) is 3.92. The summed E-state index contributed by atoms with van der Waals surface area (Å²) in [6, 6.07) is 3.30. The Morgan fingerprint density at radius 1 is 1.75 bits per heavy atom. The zero-order valence-electron chi connectivity index (χ0n) is 6.48. The van der Waals surface area contributed by atoms with Gasteiger partial charge in [0.25, 0.3) is 0 Å². The first kappa shape index (κ1) is 8.80. The Hall–Kier alpha value is -1.29. The van der Waals surface area contributed by atoms with Crippen LogP contribution in [0.15, 0.2) is 28.9 Å². The summed E-state index contributed by atoms with van der Waals surface area (Å²) in [5.74, 6) is 0.334. The highest BCUT2D eigenvalue weighted by Gasteiger charge is 2.02. The Bertz CT molecular complexity index is 287. The lowest BCUT2D eigenvalue weighted by molar-refractivity contribution is 0.414. The van der Waals surface area contributed by atoms with E-state index < -0.39 is 0 Å². The number of methoxy groups -OCH3 is 1. The van der Waals surface area contributed by atoms with Crippen molar-refractivity contribution in [1.82, 2.24) is 0 Å². The highest BCUT2D eigenvalue weighted by Crippen LogP contribution is 2.11. The van der Waals surface area contributed by atoms with E-state index in [0.29, 0.717) is 5.76 Å². The third kappa shape index (κ3) is 2.10. The molecule has 0 saturated heterocycles. The molecule has 0 aliphatic carbocycles. The third-order valence-corrected chi connectivity index (χ3v) is 1.51. The Kier molecular flexibility index (Phi) is 2.88. The van der Waals surface area contributed by atoms with Gasteiger partial charge in [0.05, 0.1) is 13.4 Å². The molecule has 0 fully saturated rings. The van der Waals surface area contributed by atoms with Gasteiger partial charge in [-0.25, -0.2) is 0 Å². The SMILES string of the molecule is COC(=S)/C=C(\O)c1ccco1. The number of rotatable bonds is 2. The van der Waals surface area contributed by atoms with Crippen molar-refractivity contribution >= 4 is 23.0 Å². The Morgan fingerprint density at radius 3 is 3.00 bits per heavy atom. The van der Waals surface area contributed by atoms with Crippen LogP contribution < -0.4 is 0 Å². The van der Waals surface area contributed by atoms with Crippen LogP contribution in [0.5, 0.6) is 0 Å². The second-order valence-electron chi connectivity index (χ2n) is 2.03. The van der Waals surface area contributed by atoms with Gasteiger partial charge in [0.2, 0.25) is 0 Å². The van der Waals surface area contributed by atoms with Crippen molar-refractivity contribution < 1.29 is 14.3 Å². The first-order valence-corrected chi connectivity index (χ1v) is 3.67. The zero-order valence-corrected chi connectivity index (χ0v) is 7.30. The topological polar surface area (TPSA) is 42.6 Å². The largest absolute Gasteiger partial charge is 0.504 e. The lowest BCUT2D eigenvalue weighted by Gasteiger charge is -1.96. The van der Waals surface area contributed by atoms with E-state index in [0.717, 1.165) is 0 Å². The molecular weight excluding hydrogens is 176 g/mol. The molecule has 0 bridgehead atoms. The van der Waals surface area contributed by atoms with Crippen LogP contribution in [0.2, 0.25) is 0 Å². The number of thiocarbonyl (C=S) groups is 1. The van der Waals surface area contributed by atoms with Gasteiger partial charge in [0.1, 0.15) is 0 Å². The molecule has 0 unspecified atom stereocenters. The first-order chi connectivity index (χ1) is 5.74. The molecule has 1 aromatic heterocycles. The van der Waals surface area contributed by atoms with E-state index in [1.807, 2.05) is 0 Å². The summed E-state index contributed by atoms with van der Waals surface area (Å²) in [7, 11) is 1.44. The fourth-order valence-corrected chi connectivity index (χ4v) is 0.778. The lowest BCUT2D eigenvalue weighted by Crippen LogP contribution is -1.93. The van der Waals surface area contributed by atoms with Gasteiger partial charge in [-0.1, -0.05) is 0 Å². The van der Waals surface area contributed by atoms with Crippen molar-refractivity contribution in [3.8, 4) is 0 Å². The van der Waals surface area contributed by atoms with Crippen molar-refractivity contribution in [2.75, 3.05) is 7.11 Å². The second-order valence-corrected chi connectivity index (χ2v) is 2.43. The fourth-order valence-electron chi connectivity index (χ4n) is 0.666. The van der Waals surface area contributed by atoms with Crippen LogP contribution in [0.4, 0.5) is 0 Å². The molecule has 4 heteroatoms. The van der Waals surface area contributed by atoms with Gasteiger partial charge in [-0.3, -0.25) is 0 Å². The number of aliphatic hydroxyl groups excluding tert-OH is 1. The Balaban J connectivity index is 2.77. The number of furan rings is 1. The predicted molar refractivity (Wildman–Crippen MR) is 48.9 cm³/mol. The van der Waals surface area contributed by atoms with Crippen LogP contribution >= 0.6 is 12.2 Å². The lowest BCUT2D eigenvalue weighted by atomic mass is 10.3. The molecule has 0 atom stereocenters. The average Bonchev–Trinajstić information content (AvgIpc) is 2.56. The van der Waals surface area contributed by atoms with Crippen LogP contribution in [-0.4, -0.2) is 17.3 Å². The zero-order chi connectivity index (χ0) is 8.97. The van der Waals surface area contributed by atoms with Crippen LogP contribution in [-0.2, 0) is 4.74 Å². The average molecular weight is 184 g/mol. The highest BCUT2D eigenvalue weighted by molar-refractivity contribution is 7.80. The van der Waals surface area contributed by atoms with Gasteiger partial charge >= 0.3 is 0 Å². The minimum Gasteiger partial charge on any atom is -0.504 e. The van der Waals surface area contributed by atoms with E-state index >= 15 is 0 Å². The normalized spacial score (nSPS) is 11.2. The number of ether oxygens (including phenoxy) is 1. The molecule has 0 saturated carbocycles. The van der Waals surface area contributed by atoms with Crippen LogP contribution in [0.3, 0.4) is 0 Å². The number of hydrogen-bond acceptors (Lipinski definition) is 4. The monoisotopic (exact) mass is 184 g/mol. The molecule has 0 aliphatic heterocycles. The standard InChI is InChI=1S/C8H8O3S/c1-10-8(12)5-6(9)7-3-2-4-11-7/h2-5,9H,1H3/b6-5-. The van der Waals surface area contributed by atoms with E-state index in [1.54, 1.807) is 12.1 Å². The van der Waals surface area contributed by atoms with E-state index in [9.17, 15) is 5.11 Å². The van der Waals surface area contributed by atoms with Crippen molar-refractivity contribution in [1.29, 1.82) is 0 Å². The molecule has 0 amide bonds. The van der Waals surface area contributed by atoms with Gasteiger partial charge < -0.3 is 14.3 Å². The predicted octanol–water partition coefficient (Wildman–Crippen LogP) is 2.15. The van der Waals surface area contributed by atoms with E-state index in [-0.39, 0.29) is 10.8 Å². The molecule has 12 heavy (non-hydrogen) atoms. The molecule has 1 heterocycles. The molecule has 0 aliphatic rings. The van der Waals surface area contributed by atoms with Crippen LogP contribution in [0.25, 0.3) is 5.76 Å². The maximum absolute atomic E-state index is 9.31. The molecule has 0 radical (unpaired) electrons. The minimum atomic E-state index is -0.0353. The van der Waals surface area contributed by atoms with Crippen LogP contribution in [0, 0.1) is 0 Å². The van der Waals surface area contributed by atoms with Crippen LogP contribution in [0.1, 0.15) is 5.76 Å². The van der Waals surface area contributed by atoms with Crippen molar-refractivity contribution in [2.45, 2.75) is 0 Å². The Labute approximate surface area is 75.3 Å². The van der Waals surface area contributed by atoms with Gasteiger partial charge in [-0.15, -0.1) is 0 Å². The quantitative estimate of drug-likeness (QED) is 0.434. The molecule has 1 aromatic rings. The Morgan fingerprint density at radius 2 is 2.50 bits per heavy atom. The maximum Gasteiger partial charge on any atom is 0.187 e. The van der Waals surface area contributed by atoms with Crippen molar-refractivity contribution in [3.05, 3.63) is 30.2 Å². The summed E-state index contributed by atoms with van der Waals surface area (Å²) in [5.41, 5.74) is 0. The van der Waals surface area contributed by atoms with E-state index in [4.69, 9.17) is 16.6 Å². The number of hydrogen-bond donors (Lipinski definition) is 1. The van der Waals surface area contributed by atoms with E-state index in [2.05, 4.69) is 4.74 Å². The van der Waals surface area contributed by atoms with Gasteiger partial charge in [-0.2, -0.15) is 0 Å². The van der Waals surface area contributed by atoms with Gasteiger partial charge in [0, 0.05) is 6.08 Å². The molecule has 64 valence electrons. The summed E-state index contributed by atoms with van der Waals surface area (Å²) >= 11 is 4.71. The van der Waals surface area contributed by atoms with Gasteiger partial charge in [0.15, 0.2) is 16.6 Å². The number of aliphatic hydroxyl groups is 1. The molecule has 3 nitrogen and oxygen atoms in total. The summed E-state index contributed by atoms with van der Waals surface area (Å²) in [6.45, 7) is 0. The fraction of sp³-hybridized carbons (Fsp3) is 0.125. The van der Waals surface area contributed by atoms with E-state index in [1.165, 1.54) is 19.4 Å². The molecule has 0 aromatic carbocycles. The molecule has 0 spiro atoms. The molecular formula is C8H8O3S. The minimum absolute atomic E-state index is 0.0353. The highest BCUT2D eigenvalue weighted by atomic mass is 32.1. The summed E-state index contributed by atoms with van der Waals surface area (Å²) in [4.78, 5) is 0. The first-order valence-electron chi connectivity index (χ1n) is 3.26. The third-order valence-electron chi connectivity index (χ3n) is 1.23. The summed E-state index contributed by atoms with van der Waals surface area (Å²) in [5, 5.41) is 9.52. The van der Waals surface area contributed by atoms with Gasteiger partial charge in [-0.05, 0) is 24.4 Å². The molecule has 1 rings (SSSR count).